The predicted molar refractivity (Wildman–Crippen MR) is 101 cm³/mol. The SMILES string of the molecule is CCn1c(SC(C)C(=O)Nc2cc(C)no2)nnc1-c1ccccc1C. The van der Waals surface area contributed by atoms with Crippen LogP contribution in [0.15, 0.2) is 40.0 Å². The number of anilines is 1. The maximum Gasteiger partial charge on any atom is 0.240 e. The van der Waals surface area contributed by atoms with Crippen molar-refractivity contribution in [3.63, 3.8) is 0 Å². The second-order valence-electron chi connectivity index (χ2n) is 5.95. The molecule has 0 saturated carbocycles. The van der Waals surface area contributed by atoms with E-state index in [2.05, 4.69) is 20.7 Å². The minimum Gasteiger partial charge on any atom is -0.338 e. The predicted octanol–water partition coefficient (Wildman–Crippen LogP) is 3.69. The van der Waals surface area contributed by atoms with Gasteiger partial charge in [0.2, 0.25) is 11.8 Å². The standard InChI is InChI=1S/C18H21N5O2S/c1-5-23-16(14-9-7-6-8-11(14)2)20-21-18(23)26-13(4)17(24)19-15-10-12(3)22-25-15/h6-10,13H,5H2,1-4H3,(H,19,24). The summed E-state index contributed by atoms with van der Waals surface area (Å²) in [6, 6.07) is 9.74. The number of nitrogens with zero attached hydrogens (tertiary/aromatic N) is 4. The number of rotatable bonds is 6. The third-order valence-corrected chi connectivity index (χ3v) is 5.03. The van der Waals surface area contributed by atoms with Crippen molar-refractivity contribution in [3.05, 3.63) is 41.6 Å². The largest absolute Gasteiger partial charge is 0.338 e. The lowest BCUT2D eigenvalue weighted by molar-refractivity contribution is -0.115. The van der Waals surface area contributed by atoms with E-state index >= 15 is 0 Å². The van der Waals surface area contributed by atoms with E-state index in [1.165, 1.54) is 11.8 Å². The fraction of sp³-hybridized carbons (Fsp3) is 0.333. The van der Waals surface area contributed by atoms with Crippen LogP contribution in [0.5, 0.6) is 0 Å². The summed E-state index contributed by atoms with van der Waals surface area (Å²) >= 11 is 1.37. The first-order valence-corrected chi connectivity index (χ1v) is 9.27. The van der Waals surface area contributed by atoms with Crippen molar-refractivity contribution >= 4 is 23.6 Å². The molecular weight excluding hydrogens is 350 g/mol. The van der Waals surface area contributed by atoms with Crippen LogP contribution in [0.1, 0.15) is 25.1 Å². The van der Waals surface area contributed by atoms with Crippen LogP contribution in [0.4, 0.5) is 5.88 Å². The Morgan fingerprint density at radius 2 is 2.08 bits per heavy atom. The second kappa shape index (κ2) is 7.74. The first-order chi connectivity index (χ1) is 12.5. The number of benzene rings is 1. The van der Waals surface area contributed by atoms with Crippen molar-refractivity contribution in [3.8, 4) is 11.4 Å². The molecule has 3 rings (SSSR count). The summed E-state index contributed by atoms with van der Waals surface area (Å²) in [7, 11) is 0. The van der Waals surface area contributed by atoms with Gasteiger partial charge in [0.05, 0.1) is 10.9 Å². The highest BCUT2D eigenvalue weighted by Gasteiger charge is 2.21. The highest BCUT2D eigenvalue weighted by molar-refractivity contribution is 8.00. The van der Waals surface area contributed by atoms with E-state index in [4.69, 9.17) is 4.52 Å². The summed E-state index contributed by atoms with van der Waals surface area (Å²) < 4.78 is 7.05. The van der Waals surface area contributed by atoms with Gasteiger partial charge < -0.3 is 9.09 Å². The molecular formula is C18H21N5O2S. The number of aromatic nitrogens is 4. The monoisotopic (exact) mass is 371 g/mol. The fourth-order valence-electron chi connectivity index (χ4n) is 2.54. The van der Waals surface area contributed by atoms with Crippen LogP contribution >= 0.6 is 11.8 Å². The molecule has 0 fully saturated rings. The zero-order chi connectivity index (χ0) is 18.7. The van der Waals surface area contributed by atoms with Crippen molar-refractivity contribution in [1.82, 2.24) is 19.9 Å². The van der Waals surface area contributed by atoms with Crippen molar-refractivity contribution in [1.29, 1.82) is 0 Å². The van der Waals surface area contributed by atoms with Crippen LogP contribution in [0.2, 0.25) is 0 Å². The third-order valence-electron chi connectivity index (χ3n) is 3.94. The quantitative estimate of drug-likeness (QED) is 0.665. The fourth-order valence-corrected chi connectivity index (χ4v) is 3.45. The van der Waals surface area contributed by atoms with Gasteiger partial charge in [0, 0.05) is 18.2 Å². The maximum atomic E-state index is 12.4. The Labute approximate surface area is 156 Å². The highest BCUT2D eigenvalue weighted by atomic mass is 32.2. The smallest absolute Gasteiger partial charge is 0.240 e. The molecule has 0 aliphatic rings. The molecule has 0 spiro atoms. The molecule has 7 nitrogen and oxygen atoms in total. The van der Waals surface area contributed by atoms with E-state index < -0.39 is 0 Å². The van der Waals surface area contributed by atoms with E-state index in [1.807, 2.05) is 49.6 Å². The number of hydrogen-bond donors (Lipinski definition) is 1. The van der Waals surface area contributed by atoms with Crippen molar-refractivity contribution in [2.45, 2.75) is 44.6 Å². The first-order valence-electron chi connectivity index (χ1n) is 8.39. The Morgan fingerprint density at radius 3 is 2.73 bits per heavy atom. The molecule has 1 unspecified atom stereocenters. The van der Waals surface area contributed by atoms with Crippen molar-refractivity contribution in [2.24, 2.45) is 0 Å². The van der Waals surface area contributed by atoms with Gasteiger partial charge in [0.1, 0.15) is 0 Å². The number of thioether (sulfide) groups is 1. The lowest BCUT2D eigenvalue weighted by Crippen LogP contribution is -2.22. The van der Waals surface area contributed by atoms with Crippen molar-refractivity contribution in [2.75, 3.05) is 5.32 Å². The average Bonchev–Trinajstić information content (AvgIpc) is 3.21. The maximum absolute atomic E-state index is 12.4. The topological polar surface area (TPSA) is 85.8 Å². The van der Waals surface area contributed by atoms with Crippen LogP contribution in [0.25, 0.3) is 11.4 Å². The molecule has 3 aromatic rings. The van der Waals surface area contributed by atoms with E-state index in [0.29, 0.717) is 23.3 Å². The third kappa shape index (κ3) is 3.80. The van der Waals surface area contributed by atoms with Gasteiger partial charge in [-0.05, 0) is 33.3 Å². The van der Waals surface area contributed by atoms with E-state index in [9.17, 15) is 4.79 Å². The molecule has 26 heavy (non-hydrogen) atoms. The van der Waals surface area contributed by atoms with E-state index in [1.54, 1.807) is 13.0 Å². The number of carbonyl (C=O) groups is 1. The van der Waals surface area contributed by atoms with Crippen LogP contribution < -0.4 is 5.32 Å². The number of nitrogens with one attached hydrogen (secondary N) is 1. The molecule has 1 N–H and O–H groups in total. The van der Waals surface area contributed by atoms with Gasteiger partial charge in [-0.3, -0.25) is 10.1 Å². The Bertz CT molecular complexity index is 918. The minimum absolute atomic E-state index is 0.172. The number of aryl methyl sites for hydroxylation is 2. The second-order valence-corrected chi connectivity index (χ2v) is 7.26. The molecule has 2 heterocycles. The van der Waals surface area contributed by atoms with Gasteiger partial charge in [-0.25, -0.2) is 0 Å². The van der Waals surface area contributed by atoms with Crippen LogP contribution in [-0.2, 0) is 11.3 Å². The average molecular weight is 371 g/mol. The Morgan fingerprint density at radius 1 is 1.31 bits per heavy atom. The Balaban J connectivity index is 1.77. The summed E-state index contributed by atoms with van der Waals surface area (Å²) in [6.07, 6.45) is 0. The number of amides is 1. The van der Waals surface area contributed by atoms with Gasteiger partial charge in [-0.1, -0.05) is 41.2 Å². The molecule has 0 aliphatic heterocycles. The lowest BCUT2D eigenvalue weighted by atomic mass is 10.1. The van der Waals surface area contributed by atoms with Crippen LogP contribution in [-0.4, -0.2) is 31.1 Å². The van der Waals surface area contributed by atoms with E-state index in [-0.39, 0.29) is 11.2 Å². The summed E-state index contributed by atoms with van der Waals surface area (Å²) in [5, 5.41) is 15.5. The number of carbonyl (C=O) groups excluding carboxylic acids is 1. The minimum atomic E-state index is -0.361. The zero-order valence-electron chi connectivity index (χ0n) is 15.2. The van der Waals surface area contributed by atoms with Crippen molar-refractivity contribution < 1.29 is 9.32 Å². The van der Waals surface area contributed by atoms with Gasteiger partial charge >= 0.3 is 0 Å². The van der Waals surface area contributed by atoms with Gasteiger partial charge in [-0.15, -0.1) is 10.2 Å². The zero-order valence-corrected chi connectivity index (χ0v) is 16.0. The number of hydrogen-bond acceptors (Lipinski definition) is 6. The summed E-state index contributed by atoms with van der Waals surface area (Å²) in [5.74, 6) is 0.985. The Hall–Kier alpha value is -2.61. The normalized spacial score (nSPS) is 12.2. The molecule has 0 bridgehead atoms. The Kier molecular flexibility index (Phi) is 5.41. The van der Waals surface area contributed by atoms with Gasteiger partial charge in [-0.2, -0.15) is 0 Å². The van der Waals surface area contributed by atoms with Gasteiger partial charge in [0.15, 0.2) is 11.0 Å². The molecule has 1 atom stereocenters. The molecule has 2 aromatic heterocycles. The highest BCUT2D eigenvalue weighted by Crippen LogP contribution is 2.28. The molecule has 0 saturated heterocycles. The first kappa shape index (κ1) is 18.2. The summed E-state index contributed by atoms with van der Waals surface area (Å²) in [4.78, 5) is 12.4. The molecule has 1 amide bonds. The van der Waals surface area contributed by atoms with Crippen LogP contribution in [0.3, 0.4) is 0 Å². The van der Waals surface area contributed by atoms with Gasteiger partial charge in [0.25, 0.3) is 0 Å². The molecule has 136 valence electrons. The summed E-state index contributed by atoms with van der Waals surface area (Å²) in [6.45, 7) is 8.43. The lowest BCUT2D eigenvalue weighted by Gasteiger charge is -2.12. The molecule has 1 aromatic carbocycles. The molecule has 0 aliphatic carbocycles. The van der Waals surface area contributed by atoms with E-state index in [0.717, 1.165) is 17.0 Å². The summed E-state index contributed by atoms with van der Waals surface area (Å²) in [5.41, 5.74) is 2.90. The molecule has 8 heteroatoms. The van der Waals surface area contributed by atoms with Crippen LogP contribution in [0, 0.1) is 13.8 Å². The molecule has 0 radical (unpaired) electrons.